The molecule has 0 aromatic heterocycles. The molecule has 2 aromatic carbocycles. The number of allylic oxidation sites excluding steroid dienone is 2. The third-order valence-electron chi connectivity index (χ3n) is 9.44. The van der Waals surface area contributed by atoms with E-state index in [2.05, 4.69) is 115 Å². The summed E-state index contributed by atoms with van der Waals surface area (Å²) < 4.78 is 7.31. The fourth-order valence-corrected chi connectivity index (χ4v) is 12.4. The van der Waals surface area contributed by atoms with Crippen molar-refractivity contribution in [2.75, 3.05) is 6.61 Å². The molecule has 34 heavy (non-hydrogen) atoms. The lowest BCUT2D eigenvalue weighted by molar-refractivity contribution is -0.0420. The molecule has 0 bridgehead atoms. The maximum absolute atomic E-state index is 7.31. The van der Waals surface area contributed by atoms with Crippen molar-refractivity contribution in [1.29, 1.82) is 0 Å². The van der Waals surface area contributed by atoms with Crippen molar-refractivity contribution >= 4 is 18.7 Å². The van der Waals surface area contributed by atoms with Gasteiger partial charge < -0.3 is 4.43 Å². The van der Waals surface area contributed by atoms with Gasteiger partial charge in [0, 0.05) is 6.61 Å². The average Bonchev–Trinajstić information content (AvgIpc) is 2.78. The van der Waals surface area contributed by atoms with E-state index in [-0.39, 0.29) is 5.04 Å². The van der Waals surface area contributed by atoms with Crippen molar-refractivity contribution in [3.8, 4) is 0 Å². The van der Waals surface area contributed by atoms with Gasteiger partial charge in [-0.2, -0.15) is 0 Å². The Morgan fingerprint density at radius 2 is 1.44 bits per heavy atom. The largest absolute Gasteiger partial charge is 0.407 e. The predicted molar refractivity (Wildman–Crippen MR) is 149 cm³/mol. The zero-order valence-corrected chi connectivity index (χ0v) is 23.7. The van der Waals surface area contributed by atoms with Crippen LogP contribution in [0.1, 0.15) is 80.6 Å². The molecule has 2 aliphatic rings. The van der Waals surface area contributed by atoms with Gasteiger partial charge in [0.15, 0.2) is 0 Å². The lowest BCUT2D eigenvalue weighted by atomic mass is 9.48. The minimum absolute atomic E-state index is 0.0341. The van der Waals surface area contributed by atoms with Crippen LogP contribution >= 0.6 is 0 Å². The molecule has 1 saturated carbocycles. The monoisotopic (exact) mass is 474 g/mol. The molecule has 1 nitrogen and oxygen atoms in total. The second kappa shape index (κ2) is 9.43. The Balaban J connectivity index is 1.67. The van der Waals surface area contributed by atoms with Crippen LogP contribution < -0.4 is 10.4 Å². The van der Waals surface area contributed by atoms with Gasteiger partial charge in [0.25, 0.3) is 8.32 Å². The van der Waals surface area contributed by atoms with Gasteiger partial charge in [-0.15, -0.1) is 0 Å². The lowest BCUT2D eigenvalue weighted by Gasteiger charge is -2.57. The van der Waals surface area contributed by atoms with Gasteiger partial charge in [-0.3, -0.25) is 0 Å². The van der Waals surface area contributed by atoms with Gasteiger partial charge in [0.2, 0.25) is 0 Å². The third-order valence-corrected chi connectivity index (χ3v) is 14.5. The van der Waals surface area contributed by atoms with Crippen molar-refractivity contribution in [3.05, 3.63) is 72.3 Å². The van der Waals surface area contributed by atoms with E-state index in [4.69, 9.17) is 4.43 Å². The fraction of sp³-hybridized carbons (Fsp3) is 0.562. The summed E-state index contributed by atoms with van der Waals surface area (Å²) in [5.41, 5.74) is 2.42. The first kappa shape index (κ1) is 25.4. The zero-order valence-electron chi connectivity index (χ0n) is 22.7. The van der Waals surface area contributed by atoms with Gasteiger partial charge in [-0.25, -0.2) is 0 Å². The van der Waals surface area contributed by atoms with Crippen LogP contribution in [0.5, 0.6) is 0 Å². The Kier molecular flexibility index (Phi) is 7.06. The van der Waals surface area contributed by atoms with E-state index >= 15 is 0 Å². The van der Waals surface area contributed by atoms with Crippen LogP contribution in [0.2, 0.25) is 5.04 Å². The summed E-state index contributed by atoms with van der Waals surface area (Å²) in [6.45, 7) is 18.0. The van der Waals surface area contributed by atoms with E-state index in [0.717, 1.165) is 18.9 Å². The normalized spacial score (nSPS) is 27.1. The summed E-state index contributed by atoms with van der Waals surface area (Å²) >= 11 is 0. The average molecular weight is 475 g/mol. The van der Waals surface area contributed by atoms with Crippen molar-refractivity contribution in [2.45, 2.75) is 85.6 Å². The second-order valence-electron chi connectivity index (χ2n) is 12.9. The molecule has 0 amide bonds. The van der Waals surface area contributed by atoms with E-state index in [1.807, 2.05) is 0 Å². The highest BCUT2D eigenvalue weighted by molar-refractivity contribution is 6.99. The highest BCUT2D eigenvalue weighted by atomic mass is 28.4. The molecule has 2 heteroatoms. The van der Waals surface area contributed by atoms with Crippen molar-refractivity contribution in [3.63, 3.8) is 0 Å². The standard InChI is InChI=1S/C32H46OSi/c1-25-19-20-29-31(5,6)22-14-23-32(29,7)28(25)21-24-33-34(30(2,3)4,26-15-10-8-11-16-26)27-17-12-9-13-18-27/h8-13,15-19,28-29H,14,20-24H2,1-7H3/t28-,29-,32+/m0/s1. The van der Waals surface area contributed by atoms with Crippen LogP contribution in [-0.4, -0.2) is 14.9 Å². The summed E-state index contributed by atoms with van der Waals surface area (Å²) in [7, 11) is -2.47. The van der Waals surface area contributed by atoms with Crippen molar-refractivity contribution in [1.82, 2.24) is 0 Å². The maximum Gasteiger partial charge on any atom is 0.261 e. The van der Waals surface area contributed by atoms with Crippen LogP contribution in [0.15, 0.2) is 72.3 Å². The molecular weight excluding hydrogens is 428 g/mol. The molecule has 0 N–H and O–H groups in total. The summed E-state index contributed by atoms with van der Waals surface area (Å²) in [6.07, 6.45) is 9.02. The van der Waals surface area contributed by atoms with Crippen LogP contribution in [-0.2, 0) is 4.43 Å². The Morgan fingerprint density at radius 3 is 1.97 bits per heavy atom. The Morgan fingerprint density at radius 1 is 0.882 bits per heavy atom. The maximum atomic E-state index is 7.31. The summed E-state index contributed by atoms with van der Waals surface area (Å²) in [5, 5.41) is 2.80. The fourth-order valence-electron chi connectivity index (χ4n) is 7.79. The SMILES string of the molecule is CC1=CC[C@H]2C(C)(C)CCC[C@]2(C)[C@H]1CCO[Si](c1ccccc1)(c1ccccc1)C(C)(C)C. The molecule has 4 rings (SSSR count). The van der Waals surface area contributed by atoms with Crippen molar-refractivity contribution < 1.29 is 4.43 Å². The molecule has 184 valence electrons. The summed E-state index contributed by atoms with van der Waals surface area (Å²) in [4.78, 5) is 0. The van der Waals surface area contributed by atoms with E-state index in [1.165, 1.54) is 36.1 Å². The Hall–Kier alpha value is -1.64. The Labute approximate surface area is 210 Å². The Bertz CT molecular complexity index is 945. The molecule has 0 heterocycles. The zero-order chi connectivity index (χ0) is 24.6. The smallest absolute Gasteiger partial charge is 0.261 e. The van der Waals surface area contributed by atoms with E-state index < -0.39 is 8.32 Å². The molecule has 0 unspecified atom stereocenters. The van der Waals surface area contributed by atoms with Crippen molar-refractivity contribution in [2.24, 2.45) is 22.7 Å². The number of fused-ring (bicyclic) bond motifs is 1. The molecule has 0 radical (unpaired) electrons. The molecular formula is C32H46OSi. The summed E-state index contributed by atoms with van der Waals surface area (Å²) in [6, 6.07) is 22.2. The van der Waals surface area contributed by atoms with Crippen LogP contribution in [0.3, 0.4) is 0 Å². The second-order valence-corrected chi connectivity index (χ2v) is 17.2. The minimum atomic E-state index is -2.47. The summed E-state index contributed by atoms with van der Waals surface area (Å²) in [5.74, 6) is 1.39. The highest BCUT2D eigenvalue weighted by Crippen LogP contribution is 2.60. The first-order valence-electron chi connectivity index (χ1n) is 13.4. The topological polar surface area (TPSA) is 9.23 Å². The lowest BCUT2D eigenvalue weighted by Crippen LogP contribution is -2.66. The van der Waals surface area contributed by atoms with Crippen LogP contribution in [0.4, 0.5) is 0 Å². The molecule has 0 aliphatic heterocycles. The first-order chi connectivity index (χ1) is 16.0. The first-order valence-corrected chi connectivity index (χ1v) is 15.3. The van der Waals surface area contributed by atoms with E-state index in [1.54, 1.807) is 5.57 Å². The predicted octanol–water partition coefficient (Wildman–Crippen LogP) is 7.75. The molecule has 2 aliphatic carbocycles. The minimum Gasteiger partial charge on any atom is -0.407 e. The quantitative estimate of drug-likeness (QED) is 0.307. The van der Waals surface area contributed by atoms with Crippen LogP contribution in [0, 0.1) is 22.7 Å². The number of hydrogen-bond donors (Lipinski definition) is 0. The van der Waals surface area contributed by atoms with Gasteiger partial charge >= 0.3 is 0 Å². The molecule has 2 aromatic rings. The highest BCUT2D eigenvalue weighted by Gasteiger charge is 2.53. The molecule has 3 atom stereocenters. The third kappa shape index (κ3) is 4.37. The number of hydrogen-bond acceptors (Lipinski definition) is 1. The molecule has 0 saturated heterocycles. The molecule has 1 fully saturated rings. The number of benzene rings is 2. The van der Waals surface area contributed by atoms with Crippen LogP contribution in [0.25, 0.3) is 0 Å². The number of rotatable bonds is 6. The molecule has 0 spiro atoms. The van der Waals surface area contributed by atoms with Gasteiger partial charge in [-0.1, -0.05) is 120 Å². The van der Waals surface area contributed by atoms with Gasteiger partial charge in [-0.05, 0) is 70.7 Å². The van der Waals surface area contributed by atoms with Gasteiger partial charge in [0.05, 0.1) is 0 Å². The van der Waals surface area contributed by atoms with E-state index in [0.29, 0.717) is 16.7 Å². The van der Waals surface area contributed by atoms with E-state index in [9.17, 15) is 0 Å². The van der Waals surface area contributed by atoms with Gasteiger partial charge in [0.1, 0.15) is 0 Å².